The van der Waals surface area contributed by atoms with Gasteiger partial charge in [-0.2, -0.15) is 0 Å². The molecule has 0 radical (unpaired) electrons. The summed E-state index contributed by atoms with van der Waals surface area (Å²) < 4.78 is 4.34. The molecule has 2 heterocycles. The lowest BCUT2D eigenvalue weighted by atomic mass is 9.84. The summed E-state index contributed by atoms with van der Waals surface area (Å²) in [5, 5.41) is 0. The Hall–Kier alpha value is -6.52. The Morgan fingerprint density at radius 2 is 0.720 bits per heavy atom. The zero-order chi connectivity index (χ0) is 33.6. The SMILES string of the molecule is Cn1c(-c2ccc(-c3cc(-c4ccccc4)c(-c4ccccc4)c(-c4ccc(-c5nc6ccccc6n5C)cc4)c3)cc2)nc2ccccc21. The van der Waals surface area contributed by atoms with Crippen LogP contribution in [-0.2, 0) is 14.1 Å². The van der Waals surface area contributed by atoms with Crippen LogP contribution in [0.25, 0.3) is 89.4 Å². The van der Waals surface area contributed by atoms with Crippen LogP contribution >= 0.6 is 0 Å². The molecule has 0 amide bonds. The highest BCUT2D eigenvalue weighted by Crippen LogP contribution is 2.44. The van der Waals surface area contributed by atoms with Gasteiger partial charge in [0.15, 0.2) is 0 Å². The predicted molar refractivity (Wildman–Crippen MR) is 208 cm³/mol. The first-order valence-electron chi connectivity index (χ1n) is 17.0. The van der Waals surface area contributed by atoms with E-state index < -0.39 is 0 Å². The molecule has 0 fully saturated rings. The minimum Gasteiger partial charge on any atom is -0.327 e. The standard InChI is InChI=1S/C46H34N4/c1-49-42-19-11-9-17-40(42)47-45(49)35-25-21-31(22-26-35)37-29-38(32-13-5-3-6-14-32)44(34-15-7-4-8-16-34)39(30-37)33-23-27-36(28-24-33)46-48-41-18-10-12-20-43(41)50(46)2/h3-30H,1-2H3. The zero-order valence-electron chi connectivity index (χ0n) is 28.0. The van der Waals surface area contributed by atoms with Gasteiger partial charge in [-0.1, -0.05) is 133 Å². The number of nitrogens with zero attached hydrogens (tertiary/aromatic N) is 4. The highest BCUT2D eigenvalue weighted by molar-refractivity contribution is 5.98. The molecule has 0 N–H and O–H groups in total. The van der Waals surface area contributed by atoms with Crippen molar-refractivity contribution in [1.29, 1.82) is 0 Å². The molecule has 2 aromatic heterocycles. The van der Waals surface area contributed by atoms with Crippen LogP contribution in [0.15, 0.2) is 170 Å². The Balaban J connectivity index is 1.20. The van der Waals surface area contributed by atoms with Crippen LogP contribution in [0.1, 0.15) is 0 Å². The molecule has 0 aliphatic carbocycles. The molecule has 0 atom stereocenters. The van der Waals surface area contributed by atoms with E-state index in [4.69, 9.17) is 9.97 Å². The number of benzene rings is 7. The summed E-state index contributed by atoms with van der Waals surface area (Å²) in [7, 11) is 4.17. The van der Waals surface area contributed by atoms with Gasteiger partial charge in [0.1, 0.15) is 11.6 Å². The Morgan fingerprint density at radius 1 is 0.340 bits per heavy atom. The van der Waals surface area contributed by atoms with Crippen molar-refractivity contribution < 1.29 is 0 Å². The summed E-state index contributed by atoms with van der Waals surface area (Å²) in [5.41, 5.74) is 15.9. The monoisotopic (exact) mass is 642 g/mol. The number of aromatic nitrogens is 4. The van der Waals surface area contributed by atoms with Crippen molar-refractivity contribution in [1.82, 2.24) is 19.1 Å². The second-order valence-electron chi connectivity index (χ2n) is 12.8. The molecular formula is C46H34N4. The summed E-state index contributed by atoms with van der Waals surface area (Å²) in [6.45, 7) is 0. The summed E-state index contributed by atoms with van der Waals surface area (Å²) >= 11 is 0. The second kappa shape index (κ2) is 12.2. The Labute approximate surface area is 291 Å². The first-order chi connectivity index (χ1) is 24.6. The van der Waals surface area contributed by atoms with Gasteiger partial charge in [0.2, 0.25) is 0 Å². The Kier molecular flexibility index (Phi) is 7.21. The fourth-order valence-corrected chi connectivity index (χ4v) is 7.22. The smallest absolute Gasteiger partial charge is 0.140 e. The largest absolute Gasteiger partial charge is 0.327 e. The van der Waals surface area contributed by atoms with Gasteiger partial charge in [-0.25, -0.2) is 9.97 Å². The number of para-hydroxylation sites is 4. The summed E-state index contributed by atoms with van der Waals surface area (Å²) in [6.07, 6.45) is 0. The van der Waals surface area contributed by atoms with Crippen LogP contribution in [0.2, 0.25) is 0 Å². The van der Waals surface area contributed by atoms with Crippen LogP contribution in [0.3, 0.4) is 0 Å². The maximum atomic E-state index is 4.96. The Morgan fingerprint density at radius 3 is 1.20 bits per heavy atom. The lowest BCUT2D eigenvalue weighted by Crippen LogP contribution is -1.95. The fraction of sp³-hybridized carbons (Fsp3) is 0.0435. The topological polar surface area (TPSA) is 35.6 Å². The normalized spacial score (nSPS) is 11.4. The van der Waals surface area contributed by atoms with E-state index in [0.29, 0.717) is 0 Å². The number of rotatable bonds is 6. The van der Waals surface area contributed by atoms with E-state index in [1.165, 1.54) is 27.8 Å². The molecule has 0 aliphatic rings. The van der Waals surface area contributed by atoms with Gasteiger partial charge >= 0.3 is 0 Å². The lowest BCUT2D eigenvalue weighted by Gasteiger charge is -2.19. The number of imidazole rings is 2. The van der Waals surface area contributed by atoms with E-state index in [1.807, 2.05) is 12.1 Å². The van der Waals surface area contributed by atoms with E-state index in [0.717, 1.165) is 61.5 Å². The van der Waals surface area contributed by atoms with E-state index in [9.17, 15) is 0 Å². The molecule has 0 aliphatic heterocycles. The van der Waals surface area contributed by atoms with Gasteiger partial charge in [0.05, 0.1) is 22.1 Å². The van der Waals surface area contributed by atoms with Gasteiger partial charge in [0, 0.05) is 25.2 Å². The predicted octanol–water partition coefficient (Wildman–Crippen LogP) is 11.5. The molecule has 9 aromatic rings. The number of aryl methyl sites for hydroxylation is 2. The van der Waals surface area contributed by atoms with Crippen LogP contribution in [0.5, 0.6) is 0 Å². The van der Waals surface area contributed by atoms with Gasteiger partial charge in [-0.15, -0.1) is 0 Å². The highest BCUT2D eigenvalue weighted by Gasteiger charge is 2.18. The molecule has 7 aromatic carbocycles. The second-order valence-corrected chi connectivity index (χ2v) is 12.8. The molecule has 0 saturated heterocycles. The van der Waals surface area contributed by atoms with Gasteiger partial charge in [0.25, 0.3) is 0 Å². The van der Waals surface area contributed by atoms with Crippen LogP contribution < -0.4 is 0 Å². The molecule has 0 spiro atoms. The third-order valence-corrected chi connectivity index (χ3v) is 9.79. The van der Waals surface area contributed by atoms with E-state index in [2.05, 4.69) is 181 Å². The van der Waals surface area contributed by atoms with Crippen molar-refractivity contribution in [2.75, 3.05) is 0 Å². The van der Waals surface area contributed by atoms with Gasteiger partial charge < -0.3 is 9.13 Å². The molecule has 0 saturated carbocycles. The maximum absolute atomic E-state index is 4.96. The minimum absolute atomic E-state index is 0.959. The quantitative estimate of drug-likeness (QED) is 0.181. The van der Waals surface area contributed by atoms with Crippen molar-refractivity contribution >= 4 is 22.1 Å². The highest BCUT2D eigenvalue weighted by atomic mass is 15.1. The molecular weight excluding hydrogens is 609 g/mol. The first kappa shape index (κ1) is 29.6. The average molecular weight is 643 g/mol. The van der Waals surface area contributed by atoms with E-state index in [-0.39, 0.29) is 0 Å². The minimum atomic E-state index is 0.959. The lowest BCUT2D eigenvalue weighted by molar-refractivity contribution is 0.959. The summed E-state index contributed by atoms with van der Waals surface area (Å²) in [6, 6.07) is 60.5. The van der Waals surface area contributed by atoms with E-state index in [1.54, 1.807) is 0 Å². The van der Waals surface area contributed by atoms with Crippen molar-refractivity contribution in [2.45, 2.75) is 0 Å². The molecule has 4 heteroatoms. The molecule has 9 rings (SSSR count). The van der Waals surface area contributed by atoms with Crippen molar-refractivity contribution in [3.63, 3.8) is 0 Å². The number of hydrogen-bond donors (Lipinski definition) is 0. The molecule has 4 nitrogen and oxygen atoms in total. The fourth-order valence-electron chi connectivity index (χ4n) is 7.22. The maximum Gasteiger partial charge on any atom is 0.140 e. The third-order valence-electron chi connectivity index (χ3n) is 9.79. The number of fused-ring (bicyclic) bond motifs is 2. The molecule has 50 heavy (non-hydrogen) atoms. The average Bonchev–Trinajstić information content (AvgIpc) is 3.71. The third kappa shape index (κ3) is 5.10. The van der Waals surface area contributed by atoms with E-state index >= 15 is 0 Å². The van der Waals surface area contributed by atoms with Gasteiger partial charge in [-0.3, -0.25) is 0 Å². The van der Waals surface area contributed by atoms with Crippen LogP contribution in [-0.4, -0.2) is 19.1 Å². The molecule has 0 unspecified atom stereocenters. The van der Waals surface area contributed by atoms with Crippen LogP contribution in [0, 0.1) is 0 Å². The van der Waals surface area contributed by atoms with Crippen molar-refractivity contribution in [3.05, 3.63) is 170 Å². The zero-order valence-corrected chi connectivity index (χ0v) is 28.0. The molecule has 0 bridgehead atoms. The first-order valence-corrected chi connectivity index (χ1v) is 17.0. The van der Waals surface area contributed by atoms with Gasteiger partial charge in [-0.05, 0) is 80.9 Å². The Bertz CT molecular complexity index is 2630. The summed E-state index contributed by atoms with van der Waals surface area (Å²) in [4.78, 5) is 9.90. The van der Waals surface area contributed by atoms with Crippen molar-refractivity contribution in [3.8, 4) is 67.3 Å². The number of hydrogen-bond acceptors (Lipinski definition) is 2. The summed E-state index contributed by atoms with van der Waals surface area (Å²) in [5.74, 6) is 1.92. The molecule has 238 valence electrons. The van der Waals surface area contributed by atoms with Crippen molar-refractivity contribution in [2.24, 2.45) is 14.1 Å². The van der Waals surface area contributed by atoms with Crippen LogP contribution in [0.4, 0.5) is 0 Å².